The fraction of sp³-hybridized carbons (Fsp3) is 0.333. The van der Waals surface area contributed by atoms with Gasteiger partial charge in [-0.05, 0) is 0 Å². The maximum Gasteiger partial charge on any atom is 0.418 e. The summed E-state index contributed by atoms with van der Waals surface area (Å²) in [5, 5.41) is 0.0670. The summed E-state index contributed by atoms with van der Waals surface area (Å²) in [5.41, 5.74) is 3.90. The number of alkyl halides is 3. The fourth-order valence-electron chi connectivity index (χ4n) is 0.826. The minimum Gasteiger partial charge on any atom is -0.397 e. The lowest BCUT2D eigenvalue weighted by molar-refractivity contribution is -0.0892. The molecule has 5 heteroatoms. The predicted molar refractivity (Wildman–Crippen MR) is 35.8 cm³/mol. The molecule has 0 amide bonds. The molecular formula is C6H5ClF3N. The topological polar surface area (TPSA) is 26.0 Å². The molecule has 2 N–H and O–H groups in total. The van der Waals surface area contributed by atoms with E-state index in [0.717, 1.165) is 6.08 Å². The molecule has 0 bridgehead atoms. The van der Waals surface area contributed by atoms with Crippen LogP contribution >= 0.6 is 11.6 Å². The highest BCUT2D eigenvalue weighted by Crippen LogP contribution is 2.36. The lowest BCUT2D eigenvalue weighted by Crippen LogP contribution is -2.16. The van der Waals surface area contributed by atoms with Crippen molar-refractivity contribution in [1.29, 1.82) is 0 Å². The number of hydrogen-bond acceptors (Lipinski definition) is 1. The second-order valence-corrected chi connectivity index (χ2v) is 2.59. The molecule has 0 aromatic rings. The average Bonchev–Trinajstić information content (AvgIpc) is 2.11. The van der Waals surface area contributed by atoms with Crippen molar-refractivity contribution in [3.8, 4) is 0 Å². The molecule has 0 saturated carbocycles. The third-order valence-electron chi connectivity index (χ3n) is 1.37. The molecule has 0 saturated heterocycles. The molecule has 0 unspecified atom stereocenters. The van der Waals surface area contributed by atoms with Crippen LogP contribution in [0.15, 0.2) is 22.4 Å². The Hall–Kier alpha value is -0.640. The van der Waals surface area contributed by atoms with Crippen LogP contribution in [0.4, 0.5) is 13.2 Å². The molecule has 0 spiro atoms. The first kappa shape index (κ1) is 8.46. The molecule has 1 nitrogen and oxygen atoms in total. The van der Waals surface area contributed by atoms with Crippen molar-refractivity contribution < 1.29 is 13.2 Å². The summed E-state index contributed by atoms with van der Waals surface area (Å²) in [5.74, 6) is 0. The van der Waals surface area contributed by atoms with Gasteiger partial charge < -0.3 is 5.73 Å². The first-order valence-corrected chi connectivity index (χ1v) is 3.22. The SMILES string of the molecule is NC1=C(Cl)CC=C1C(F)(F)F. The summed E-state index contributed by atoms with van der Waals surface area (Å²) in [4.78, 5) is 0. The second kappa shape index (κ2) is 2.44. The van der Waals surface area contributed by atoms with Crippen LogP contribution in [0.1, 0.15) is 6.42 Å². The van der Waals surface area contributed by atoms with E-state index in [2.05, 4.69) is 0 Å². The third-order valence-corrected chi connectivity index (χ3v) is 1.73. The zero-order chi connectivity index (χ0) is 8.65. The molecule has 0 atom stereocenters. The van der Waals surface area contributed by atoms with Crippen LogP contribution in [-0.4, -0.2) is 6.18 Å². The van der Waals surface area contributed by atoms with Gasteiger partial charge in [-0.1, -0.05) is 17.7 Å². The zero-order valence-corrected chi connectivity index (χ0v) is 6.13. The minimum atomic E-state index is -4.37. The van der Waals surface area contributed by atoms with Gasteiger partial charge in [-0.2, -0.15) is 13.2 Å². The first-order valence-electron chi connectivity index (χ1n) is 2.85. The van der Waals surface area contributed by atoms with Crippen molar-refractivity contribution in [2.24, 2.45) is 5.73 Å². The van der Waals surface area contributed by atoms with Crippen molar-refractivity contribution in [1.82, 2.24) is 0 Å². The van der Waals surface area contributed by atoms with E-state index in [1.165, 1.54) is 0 Å². The summed E-state index contributed by atoms with van der Waals surface area (Å²) in [6.07, 6.45) is -3.30. The maximum atomic E-state index is 11.9. The largest absolute Gasteiger partial charge is 0.418 e. The van der Waals surface area contributed by atoms with Crippen molar-refractivity contribution in [2.45, 2.75) is 12.6 Å². The summed E-state index contributed by atoms with van der Waals surface area (Å²) in [6, 6.07) is 0. The Bertz CT molecular complexity index is 239. The molecule has 0 radical (unpaired) electrons. The van der Waals surface area contributed by atoms with E-state index >= 15 is 0 Å². The molecule has 0 aromatic heterocycles. The monoisotopic (exact) mass is 183 g/mol. The van der Waals surface area contributed by atoms with Crippen LogP contribution in [0.3, 0.4) is 0 Å². The van der Waals surface area contributed by atoms with E-state index in [9.17, 15) is 13.2 Å². The van der Waals surface area contributed by atoms with Gasteiger partial charge in [0.05, 0.1) is 11.3 Å². The van der Waals surface area contributed by atoms with E-state index in [1.807, 2.05) is 0 Å². The van der Waals surface area contributed by atoms with Gasteiger partial charge in [0.15, 0.2) is 0 Å². The Morgan fingerprint density at radius 1 is 1.45 bits per heavy atom. The quantitative estimate of drug-likeness (QED) is 0.613. The molecule has 0 fully saturated rings. The van der Waals surface area contributed by atoms with Gasteiger partial charge in [0, 0.05) is 11.5 Å². The molecule has 1 rings (SSSR count). The first-order chi connectivity index (χ1) is 4.93. The normalized spacial score (nSPS) is 19.1. The zero-order valence-electron chi connectivity index (χ0n) is 5.37. The second-order valence-electron chi connectivity index (χ2n) is 2.14. The molecule has 1 aliphatic rings. The Labute approximate surface area is 66.3 Å². The Balaban J connectivity index is 2.94. The van der Waals surface area contributed by atoms with Gasteiger partial charge in [0.25, 0.3) is 0 Å². The molecule has 1 aliphatic carbocycles. The Morgan fingerprint density at radius 3 is 2.18 bits per heavy atom. The average molecular weight is 184 g/mol. The maximum absolute atomic E-state index is 11.9. The highest BCUT2D eigenvalue weighted by atomic mass is 35.5. The number of hydrogen-bond donors (Lipinski definition) is 1. The van der Waals surface area contributed by atoms with Crippen molar-refractivity contribution in [3.05, 3.63) is 22.4 Å². The molecule has 0 heterocycles. The van der Waals surface area contributed by atoms with Gasteiger partial charge in [0.2, 0.25) is 0 Å². The van der Waals surface area contributed by atoms with Gasteiger partial charge in [0.1, 0.15) is 0 Å². The van der Waals surface area contributed by atoms with Gasteiger partial charge in [-0.3, -0.25) is 0 Å². The van der Waals surface area contributed by atoms with Crippen LogP contribution in [0, 0.1) is 0 Å². The van der Waals surface area contributed by atoms with Crippen LogP contribution in [0.2, 0.25) is 0 Å². The van der Waals surface area contributed by atoms with E-state index in [4.69, 9.17) is 17.3 Å². The van der Waals surface area contributed by atoms with E-state index in [0.29, 0.717) is 0 Å². The Kier molecular flexibility index (Phi) is 1.88. The lowest BCUT2D eigenvalue weighted by Gasteiger charge is -2.07. The number of rotatable bonds is 0. The van der Waals surface area contributed by atoms with E-state index < -0.39 is 11.7 Å². The molecule has 0 aromatic carbocycles. The van der Waals surface area contributed by atoms with Crippen LogP contribution in [-0.2, 0) is 0 Å². The van der Waals surface area contributed by atoms with Crippen molar-refractivity contribution in [2.75, 3.05) is 0 Å². The molecule has 11 heavy (non-hydrogen) atoms. The van der Waals surface area contributed by atoms with E-state index in [-0.39, 0.29) is 17.2 Å². The fourth-order valence-corrected chi connectivity index (χ4v) is 1.01. The highest BCUT2D eigenvalue weighted by molar-refractivity contribution is 6.30. The summed E-state index contributed by atoms with van der Waals surface area (Å²) < 4.78 is 35.8. The summed E-state index contributed by atoms with van der Waals surface area (Å²) in [6.45, 7) is 0. The smallest absolute Gasteiger partial charge is 0.397 e. The van der Waals surface area contributed by atoms with Crippen LogP contribution < -0.4 is 5.73 Å². The van der Waals surface area contributed by atoms with Gasteiger partial charge >= 0.3 is 6.18 Å². The highest BCUT2D eigenvalue weighted by Gasteiger charge is 2.37. The van der Waals surface area contributed by atoms with Crippen LogP contribution in [0.5, 0.6) is 0 Å². The van der Waals surface area contributed by atoms with Gasteiger partial charge in [-0.15, -0.1) is 0 Å². The number of halogens is 4. The van der Waals surface area contributed by atoms with Crippen LogP contribution in [0.25, 0.3) is 0 Å². The molecule has 62 valence electrons. The van der Waals surface area contributed by atoms with Crippen molar-refractivity contribution >= 4 is 11.6 Å². The number of allylic oxidation sites excluding steroid dienone is 3. The molecular weight excluding hydrogens is 179 g/mol. The van der Waals surface area contributed by atoms with Gasteiger partial charge in [-0.25, -0.2) is 0 Å². The molecule has 0 aliphatic heterocycles. The third kappa shape index (κ3) is 1.50. The van der Waals surface area contributed by atoms with E-state index in [1.54, 1.807) is 0 Å². The predicted octanol–water partition coefficient (Wildman–Crippen LogP) is 2.29. The Morgan fingerprint density at radius 2 is 2.00 bits per heavy atom. The standard InChI is InChI=1S/C6H5ClF3N/c7-4-2-1-3(5(4)11)6(8,9)10/h1H,2,11H2. The minimum absolute atomic E-state index is 0.0670. The summed E-state index contributed by atoms with van der Waals surface area (Å²) >= 11 is 5.37. The van der Waals surface area contributed by atoms with Crippen molar-refractivity contribution in [3.63, 3.8) is 0 Å². The lowest BCUT2D eigenvalue weighted by atomic mass is 10.2. The number of nitrogens with two attached hydrogens (primary N) is 1. The summed E-state index contributed by atoms with van der Waals surface area (Å²) in [7, 11) is 0.